The van der Waals surface area contributed by atoms with Gasteiger partial charge in [0.15, 0.2) is 5.82 Å². The van der Waals surface area contributed by atoms with Gasteiger partial charge in [-0.15, -0.1) is 0 Å². The summed E-state index contributed by atoms with van der Waals surface area (Å²) in [5, 5.41) is 7.36. The summed E-state index contributed by atoms with van der Waals surface area (Å²) in [5.74, 6) is 0.753. The Morgan fingerprint density at radius 3 is 2.63 bits per heavy atom. The zero-order chi connectivity index (χ0) is 12.9. The highest BCUT2D eigenvalue weighted by molar-refractivity contribution is 5.43. The minimum atomic E-state index is 0.753. The van der Waals surface area contributed by atoms with Crippen molar-refractivity contribution in [1.29, 1.82) is 0 Å². The Morgan fingerprint density at radius 2 is 1.95 bits per heavy atom. The van der Waals surface area contributed by atoms with Gasteiger partial charge in [-0.2, -0.15) is 5.10 Å². The van der Waals surface area contributed by atoms with Crippen LogP contribution in [-0.4, -0.2) is 19.7 Å². The fourth-order valence-corrected chi connectivity index (χ4v) is 1.75. The van der Waals surface area contributed by atoms with Gasteiger partial charge in [0.05, 0.1) is 11.9 Å². The third kappa shape index (κ3) is 2.77. The van der Waals surface area contributed by atoms with Gasteiger partial charge in [-0.1, -0.05) is 30.3 Å². The van der Waals surface area contributed by atoms with Crippen molar-refractivity contribution in [3.63, 3.8) is 0 Å². The zero-order valence-corrected chi connectivity index (χ0v) is 10.3. The van der Waals surface area contributed by atoms with Crippen LogP contribution in [0.2, 0.25) is 0 Å². The molecule has 0 unspecified atom stereocenters. The third-order valence-electron chi connectivity index (χ3n) is 2.74. The highest BCUT2D eigenvalue weighted by Crippen LogP contribution is 2.10. The minimum Gasteiger partial charge on any atom is -0.380 e. The third-order valence-corrected chi connectivity index (χ3v) is 2.74. The molecule has 0 saturated carbocycles. The quantitative estimate of drug-likeness (QED) is 0.773. The van der Waals surface area contributed by atoms with Crippen molar-refractivity contribution in [3.05, 3.63) is 66.9 Å². The van der Waals surface area contributed by atoms with Gasteiger partial charge >= 0.3 is 0 Å². The molecule has 5 nitrogen and oxygen atoms in total. The van der Waals surface area contributed by atoms with Gasteiger partial charge in [-0.05, 0) is 17.7 Å². The molecular formula is C14H13N5. The largest absolute Gasteiger partial charge is 0.380 e. The molecule has 19 heavy (non-hydrogen) atoms. The summed E-state index contributed by atoms with van der Waals surface area (Å²) < 4.78 is 1.63. The summed E-state index contributed by atoms with van der Waals surface area (Å²) >= 11 is 0. The number of nitrogens with zero attached hydrogens (tertiary/aromatic N) is 4. The van der Waals surface area contributed by atoms with E-state index in [1.165, 1.54) is 11.9 Å². The predicted molar refractivity (Wildman–Crippen MR) is 72.9 cm³/mol. The van der Waals surface area contributed by atoms with E-state index in [-0.39, 0.29) is 0 Å². The summed E-state index contributed by atoms with van der Waals surface area (Å²) in [6.07, 6.45) is 4.91. The van der Waals surface area contributed by atoms with E-state index < -0.39 is 0 Å². The molecule has 5 heteroatoms. The van der Waals surface area contributed by atoms with Crippen LogP contribution in [0.3, 0.4) is 0 Å². The molecule has 0 saturated heterocycles. The Hall–Kier alpha value is -2.69. The van der Waals surface area contributed by atoms with Gasteiger partial charge < -0.3 is 5.32 Å². The summed E-state index contributed by atoms with van der Waals surface area (Å²) in [4.78, 5) is 8.22. The molecule has 0 amide bonds. The van der Waals surface area contributed by atoms with Gasteiger partial charge in [0, 0.05) is 6.54 Å². The summed E-state index contributed by atoms with van der Waals surface area (Å²) in [6.45, 7) is 0.783. The van der Waals surface area contributed by atoms with Crippen molar-refractivity contribution >= 4 is 5.69 Å². The summed E-state index contributed by atoms with van der Waals surface area (Å²) in [7, 11) is 0. The topological polar surface area (TPSA) is 55.6 Å². The molecule has 0 fully saturated rings. The molecule has 1 aromatic carbocycles. The highest BCUT2D eigenvalue weighted by atomic mass is 15.3. The van der Waals surface area contributed by atoms with Crippen molar-refractivity contribution in [2.45, 2.75) is 6.54 Å². The van der Waals surface area contributed by atoms with Crippen LogP contribution in [-0.2, 0) is 6.54 Å². The van der Waals surface area contributed by atoms with Crippen LogP contribution in [0.25, 0.3) is 5.82 Å². The smallest absolute Gasteiger partial charge is 0.155 e. The van der Waals surface area contributed by atoms with Crippen LogP contribution >= 0.6 is 0 Å². The number of hydrogen-bond donors (Lipinski definition) is 1. The van der Waals surface area contributed by atoms with Crippen molar-refractivity contribution in [1.82, 2.24) is 19.7 Å². The Labute approximate surface area is 111 Å². The molecule has 0 aliphatic heterocycles. The molecule has 2 aromatic heterocycles. The normalized spacial score (nSPS) is 10.3. The first-order valence-electron chi connectivity index (χ1n) is 6.01. The Kier molecular flexibility index (Phi) is 3.18. The fraction of sp³-hybridized carbons (Fsp3) is 0.0714. The van der Waals surface area contributed by atoms with Gasteiger partial charge in [0.25, 0.3) is 0 Å². The van der Waals surface area contributed by atoms with E-state index in [4.69, 9.17) is 0 Å². The molecule has 0 spiro atoms. The van der Waals surface area contributed by atoms with Crippen LogP contribution in [0.4, 0.5) is 5.69 Å². The van der Waals surface area contributed by atoms with Crippen molar-refractivity contribution in [3.8, 4) is 5.82 Å². The van der Waals surface area contributed by atoms with E-state index >= 15 is 0 Å². The SMILES string of the molecule is c1ccc(CNc2ccc(-n3cncn3)nc2)cc1. The van der Waals surface area contributed by atoms with Crippen molar-refractivity contribution in [2.75, 3.05) is 5.32 Å². The molecule has 3 aromatic rings. The number of nitrogens with one attached hydrogen (secondary N) is 1. The van der Waals surface area contributed by atoms with Gasteiger partial charge in [0.2, 0.25) is 0 Å². The lowest BCUT2D eigenvalue weighted by Crippen LogP contribution is -2.02. The molecule has 0 aliphatic carbocycles. The van der Waals surface area contributed by atoms with Crippen LogP contribution < -0.4 is 5.32 Å². The number of aromatic nitrogens is 4. The molecule has 94 valence electrons. The molecule has 0 atom stereocenters. The standard InChI is InChI=1S/C14H13N5/c1-2-4-12(5-3-1)8-16-13-6-7-14(17-9-13)19-11-15-10-18-19/h1-7,9-11,16H,8H2. The number of benzene rings is 1. The van der Waals surface area contributed by atoms with E-state index in [1.807, 2.05) is 30.3 Å². The Morgan fingerprint density at radius 1 is 1.05 bits per heavy atom. The first-order valence-corrected chi connectivity index (χ1v) is 6.01. The summed E-state index contributed by atoms with van der Waals surface area (Å²) in [5.41, 5.74) is 2.22. The van der Waals surface area contributed by atoms with E-state index in [1.54, 1.807) is 17.2 Å². The molecule has 0 bridgehead atoms. The summed E-state index contributed by atoms with van der Waals surface area (Å²) in [6, 6.07) is 14.1. The van der Waals surface area contributed by atoms with Gasteiger partial charge in [-0.3, -0.25) is 0 Å². The average Bonchev–Trinajstić information content (AvgIpc) is 3.01. The second-order valence-corrected chi connectivity index (χ2v) is 4.08. The average molecular weight is 251 g/mol. The fourth-order valence-electron chi connectivity index (χ4n) is 1.75. The number of hydrogen-bond acceptors (Lipinski definition) is 4. The molecule has 1 N–H and O–H groups in total. The first-order chi connectivity index (χ1) is 9.42. The Balaban J connectivity index is 1.67. The lowest BCUT2D eigenvalue weighted by Gasteiger charge is -2.06. The maximum atomic E-state index is 4.33. The second kappa shape index (κ2) is 5.30. The molecule has 0 radical (unpaired) electrons. The molecule has 2 heterocycles. The van der Waals surface area contributed by atoms with Crippen molar-refractivity contribution < 1.29 is 0 Å². The second-order valence-electron chi connectivity index (χ2n) is 4.08. The van der Waals surface area contributed by atoms with Gasteiger partial charge in [0.1, 0.15) is 12.7 Å². The molecular weight excluding hydrogens is 238 g/mol. The van der Waals surface area contributed by atoms with Crippen molar-refractivity contribution in [2.24, 2.45) is 0 Å². The Bertz CT molecular complexity index is 617. The first kappa shape index (κ1) is 11.4. The van der Waals surface area contributed by atoms with Gasteiger partial charge in [-0.25, -0.2) is 14.6 Å². The number of pyridine rings is 1. The monoisotopic (exact) mass is 251 g/mol. The lowest BCUT2D eigenvalue weighted by molar-refractivity contribution is 0.845. The lowest BCUT2D eigenvalue weighted by atomic mass is 10.2. The number of anilines is 1. The van der Waals surface area contributed by atoms with E-state index in [9.17, 15) is 0 Å². The molecule has 0 aliphatic rings. The van der Waals surface area contributed by atoms with E-state index in [0.29, 0.717) is 0 Å². The zero-order valence-electron chi connectivity index (χ0n) is 10.3. The van der Waals surface area contributed by atoms with Crippen LogP contribution in [0.1, 0.15) is 5.56 Å². The minimum absolute atomic E-state index is 0.753. The van der Waals surface area contributed by atoms with E-state index in [2.05, 4.69) is 32.5 Å². The highest BCUT2D eigenvalue weighted by Gasteiger charge is 1.99. The van der Waals surface area contributed by atoms with Crippen LogP contribution in [0, 0.1) is 0 Å². The van der Waals surface area contributed by atoms with Crippen LogP contribution in [0.15, 0.2) is 61.3 Å². The van der Waals surface area contributed by atoms with Crippen LogP contribution in [0.5, 0.6) is 0 Å². The maximum absolute atomic E-state index is 4.33. The number of rotatable bonds is 4. The van der Waals surface area contributed by atoms with E-state index in [0.717, 1.165) is 18.1 Å². The maximum Gasteiger partial charge on any atom is 0.155 e. The predicted octanol–water partition coefficient (Wildman–Crippen LogP) is 2.27. The molecule has 3 rings (SSSR count).